The Balaban J connectivity index is 0.000000880. The topological polar surface area (TPSA) is 57.2 Å². The van der Waals surface area contributed by atoms with Crippen molar-refractivity contribution in [2.75, 3.05) is 7.05 Å². The summed E-state index contributed by atoms with van der Waals surface area (Å²) in [5.41, 5.74) is 5.37. The lowest BCUT2D eigenvalue weighted by Crippen LogP contribution is -2.26. The van der Waals surface area contributed by atoms with Gasteiger partial charge in [-0.2, -0.15) is 5.10 Å². The fourth-order valence-corrected chi connectivity index (χ4v) is 2.75. The van der Waals surface area contributed by atoms with E-state index in [1.165, 1.54) is 5.70 Å². The minimum atomic E-state index is 0.928. The number of nitrogens with one attached hydrogen (secondary N) is 2. The molecule has 0 amide bonds. The minimum Gasteiger partial charge on any atom is -0.373 e. The third-order valence-corrected chi connectivity index (χ3v) is 4.11. The largest absolute Gasteiger partial charge is 0.373 e. The first-order valence-electron chi connectivity index (χ1n) is 7.99. The van der Waals surface area contributed by atoms with E-state index in [4.69, 9.17) is 0 Å². The van der Waals surface area contributed by atoms with Crippen LogP contribution in [0.4, 0.5) is 0 Å². The van der Waals surface area contributed by atoms with E-state index in [9.17, 15) is 0 Å². The van der Waals surface area contributed by atoms with Crippen LogP contribution < -0.4 is 10.6 Å². The third kappa shape index (κ3) is 3.06. The average molecular weight is 334 g/mol. The molecule has 0 aliphatic carbocycles. The van der Waals surface area contributed by atoms with Gasteiger partial charge in [-0.25, -0.2) is 0 Å². The van der Waals surface area contributed by atoms with E-state index in [0.29, 0.717) is 0 Å². The third-order valence-electron chi connectivity index (χ3n) is 4.11. The Hall–Kier alpha value is -3.28. The molecule has 0 unspecified atom stereocenters. The van der Waals surface area contributed by atoms with Crippen LogP contribution in [-0.2, 0) is 7.05 Å². The Bertz CT molecular complexity index is 929. The molecule has 0 atom stereocenters. The smallest absolute Gasteiger partial charge is 0.129 e. The van der Waals surface area contributed by atoms with Gasteiger partial charge >= 0.3 is 0 Å². The number of benzene rings is 1. The molecule has 6 heteroatoms. The summed E-state index contributed by atoms with van der Waals surface area (Å²) in [5, 5.41) is 12.1. The van der Waals surface area contributed by atoms with E-state index < -0.39 is 0 Å². The fraction of sp³-hybridized carbons (Fsp3) is 0.158. The van der Waals surface area contributed by atoms with Crippen molar-refractivity contribution in [2.24, 2.45) is 12.0 Å². The number of nitrogens with zero attached hydrogens (tertiary/aromatic N) is 4. The lowest BCUT2D eigenvalue weighted by atomic mass is 10.1. The average Bonchev–Trinajstić information content (AvgIpc) is 3.31. The first-order valence-corrected chi connectivity index (χ1v) is 7.99. The normalized spacial score (nSPS) is 15.7. The maximum absolute atomic E-state index is 4.45. The zero-order chi connectivity index (χ0) is 18.0. The van der Waals surface area contributed by atoms with Gasteiger partial charge in [-0.1, -0.05) is 6.07 Å². The van der Waals surface area contributed by atoms with Crippen molar-refractivity contribution in [3.05, 3.63) is 72.7 Å². The maximum atomic E-state index is 4.45. The van der Waals surface area contributed by atoms with E-state index >= 15 is 0 Å². The van der Waals surface area contributed by atoms with Gasteiger partial charge in [0.05, 0.1) is 29.8 Å². The van der Waals surface area contributed by atoms with Gasteiger partial charge in [-0.3, -0.25) is 9.67 Å². The summed E-state index contributed by atoms with van der Waals surface area (Å²) in [5.74, 6) is 0.928. The fourth-order valence-electron chi connectivity index (χ4n) is 2.75. The Morgan fingerprint density at radius 1 is 1.24 bits per heavy atom. The van der Waals surface area contributed by atoms with Crippen molar-refractivity contribution in [1.29, 1.82) is 0 Å². The second-order valence-corrected chi connectivity index (χ2v) is 5.64. The molecule has 4 rings (SSSR count). The van der Waals surface area contributed by atoms with Crippen LogP contribution in [0.15, 0.2) is 72.2 Å². The van der Waals surface area contributed by atoms with Crippen molar-refractivity contribution >= 4 is 22.8 Å². The molecule has 128 valence electrons. The summed E-state index contributed by atoms with van der Waals surface area (Å²) < 4.78 is 1.87. The van der Waals surface area contributed by atoms with Crippen LogP contribution in [0.2, 0.25) is 0 Å². The van der Waals surface area contributed by atoms with Crippen LogP contribution in [0.1, 0.15) is 12.5 Å². The van der Waals surface area contributed by atoms with Crippen LogP contribution in [0.25, 0.3) is 16.6 Å². The molecule has 3 heterocycles. The van der Waals surface area contributed by atoms with Gasteiger partial charge in [0.1, 0.15) is 11.5 Å². The first-order chi connectivity index (χ1) is 12.2. The summed E-state index contributed by atoms with van der Waals surface area (Å²) >= 11 is 0. The van der Waals surface area contributed by atoms with Crippen LogP contribution in [-0.4, -0.2) is 27.9 Å². The second-order valence-electron chi connectivity index (χ2n) is 5.64. The molecule has 6 nitrogen and oxygen atoms in total. The molecule has 0 saturated heterocycles. The standard InChI is InChI=1S/C17H18N6.C2H4/c1-11-10-23(11)16-9-19-8-14(21-17(16)18-2)12-4-5-15-13(6-12)7-20-22(15)3;1-2/h4-10,18,21H,1-3H3;1-2H2. The highest BCUT2D eigenvalue weighted by Gasteiger charge is 2.23. The van der Waals surface area contributed by atoms with E-state index in [2.05, 4.69) is 70.1 Å². The molecular formula is C19H22N6. The number of aliphatic imine (C=N–C) groups is 1. The highest BCUT2D eigenvalue weighted by molar-refractivity contribution is 5.87. The number of allylic oxidation sites excluding steroid dienone is 2. The van der Waals surface area contributed by atoms with Gasteiger partial charge in [0.2, 0.25) is 0 Å². The van der Waals surface area contributed by atoms with Crippen LogP contribution in [0.3, 0.4) is 0 Å². The van der Waals surface area contributed by atoms with E-state index in [1.54, 1.807) is 0 Å². The summed E-state index contributed by atoms with van der Waals surface area (Å²) in [7, 11) is 3.85. The van der Waals surface area contributed by atoms with Crippen molar-refractivity contribution in [3.63, 3.8) is 0 Å². The highest BCUT2D eigenvalue weighted by atomic mass is 15.3. The second kappa shape index (κ2) is 6.68. The van der Waals surface area contributed by atoms with Crippen molar-refractivity contribution in [2.45, 2.75) is 6.92 Å². The number of hydrogen-bond donors (Lipinski definition) is 2. The molecule has 0 fully saturated rings. The molecule has 2 aliphatic rings. The summed E-state index contributed by atoms with van der Waals surface area (Å²) in [6.45, 7) is 8.07. The van der Waals surface area contributed by atoms with Crippen LogP contribution in [0.5, 0.6) is 0 Å². The molecular weight excluding hydrogens is 312 g/mol. The molecule has 2 N–H and O–H groups in total. The first kappa shape index (κ1) is 16.6. The van der Waals surface area contributed by atoms with Gasteiger partial charge in [-0.15, -0.1) is 13.2 Å². The molecule has 0 spiro atoms. The number of rotatable bonds is 3. The Morgan fingerprint density at radius 2 is 2.00 bits per heavy atom. The lowest BCUT2D eigenvalue weighted by molar-refractivity contribution is 0.711. The van der Waals surface area contributed by atoms with Crippen molar-refractivity contribution in [3.8, 4) is 0 Å². The molecule has 1 aromatic heterocycles. The van der Waals surface area contributed by atoms with Crippen LogP contribution >= 0.6 is 0 Å². The van der Waals surface area contributed by atoms with Crippen molar-refractivity contribution in [1.82, 2.24) is 25.3 Å². The molecule has 2 aromatic rings. The predicted molar refractivity (Wildman–Crippen MR) is 103 cm³/mol. The Morgan fingerprint density at radius 3 is 2.68 bits per heavy atom. The lowest BCUT2D eigenvalue weighted by Gasteiger charge is -2.16. The molecule has 0 saturated carbocycles. The van der Waals surface area contributed by atoms with Gasteiger partial charge in [-0.05, 0) is 19.1 Å². The van der Waals surface area contributed by atoms with Gasteiger partial charge in [0.15, 0.2) is 0 Å². The van der Waals surface area contributed by atoms with Crippen LogP contribution in [0, 0.1) is 0 Å². The highest BCUT2D eigenvalue weighted by Crippen LogP contribution is 2.28. The van der Waals surface area contributed by atoms with E-state index in [-0.39, 0.29) is 0 Å². The van der Waals surface area contributed by atoms with Gasteiger partial charge in [0.25, 0.3) is 0 Å². The molecule has 0 bridgehead atoms. The number of fused-ring (bicyclic) bond motifs is 1. The number of hydrogen-bond acceptors (Lipinski definition) is 5. The van der Waals surface area contributed by atoms with Crippen molar-refractivity contribution < 1.29 is 0 Å². The number of aryl methyl sites for hydroxylation is 1. The monoisotopic (exact) mass is 334 g/mol. The number of aromatic nitrogens is 2. The summed E-state index contributed by atoms with van der Waals surface area (Å²) in [6, 6.07) is 6.28. The predicted octanol–water partition coefficient (Wildman–Crippen LogP) is 2.91. The molecule has 1 aromatic carbocycles. The van der Waals surface area contributed by atoms with E-state index in [1.807, 2.05) is 37.4 Å². The maximum Gasteiger partial charge on any atom is 0.129 e. The zero-order valence-corrected chi connectivity index (χ0v) is 14.7. The quantitative estimate of drug-likeness (QED) is 0.848. The zero-order valence-electron chi connectivity index (χ0n) is 14.7. The molecule has 2 aliphatic heterocycles. The summed E-state index contributed by atoms with van der Waals surface area (Å²) in [4.78, 5) is 6.55. The SMILES string of the molecule is C=C.CNC1=C(N2C=C2C)C=NC=C(c2ccc3c(cnn3C)c2)N1. The molecule has 0 radical (unpaired) electrons. The molecule has 25 heavy (non-hydrogen) atoms. The van der Waals surface area contributed by atoms with Gasteiger partial charge in [0, 0.05) is 36.9 Å². The van der Waals surface area contributed by atoms with Gasteiger partial charge < -0.3 is 15.5 Å². The Kier molecular flexibility index (Phi) is 4.43. The summed E-state index contributed by atoms with van der Waals surface area (Å²) in [6.07, 6.45) is 7.66. The minimum absolute atomic E-state index is 0.928. The van der Waals surface area contributed by atoms with E-state index in [0.717, 1.165) is 33.7 Å². The Labute approximate surface area is 147 Å².